The third-order valence-corrected chi connectivity index (χ3v) is 10.5. The van der Waals surface area contributed by atoms with Gasteiger partial charge >= 0.3 is 0 Å². The smallest absolute Gasteiger partial charge is 0.159 e. The van der Waals surface area contributed by atoms with Crippen LogP contribution < -0.4 is 0 Å². The number of carbonyl (C=O) groups excluding carboxylic acids is 2. The average molecular weight is 425 g/mol. The van der Waals surface area contributed by atoms with Crippen molar-refractivity contribution in [3.8, 4) is 0 Å². The lowest BCUT2D eigenvalue weighted by molar-refractivity contribution is -0.131. The van der Waals surface area contributed by atoms with E-state index in [1.165, 1.54) is 38.5 Å². The Morgan fingerprint density at radius 3 is 2.52 bits per heavy atom. The van der Waals surface area contributed by atoms with E-state index in [0.29, 0.717) is 41.9 Å². The summed E-state index contributed by atoms with van der Waals surface area (Å²) >= 11 is 0. The number of allylic oxidation sites excluding steroid dienone is 3. The number of hydrogen-bond donors (Lipinski definition) is 0. The zero-order valence-electron chi connectivity index (χ0n) is 20.8. The van der Waals surface area contributed by atoms with Crippen LogP contribution in [0.3, 0.4) is 0 Å². The highest BCUT2D eigenvalue weighted by Crippen LogP contribution is 2.67. The van der Waals surface area contributed by atoms with E-state index >= 15 is 0 Å². The molecule has 3 fully saturated rings. The molecule has 4 rings (SSSR count). The summed E-state index contributed by atoms with van der Waals surface area (Å²) in [5.41, 5.74) is 2.81. The number of Topliss-reactive ketones (excluding diaryl/α,β-unsaturated/α-hetero) is 1. The zero-order valence-corrected chi connectivity index (χ0v) is 20.8. The highest BCUT2D eigenvalue weighted by molar-refractivity contribution is 6.05. The van der Waals surface area contributed by atoms with Gasteiger partial charge in [-0.05, 0) is 104 Å². The molecule has 0 saturated heterocycles. The van der Waals surface area contributed by atoms with Crippen LogP contribution in [0, 0.1) is 46.3 Å². The van der Waals surface area contributed by atoms with E-state index in [2.05, 4.69) is 47.6 Å². The first-order valence-corrected chi connectivity index (χ1v) is 13.0. The molecule has 0 bridgehead atoms. The van der Waals surface area contributed by atoms with Crippen molar-refractivity contribution in [2.75, 3.05) is 0 Å². The Labute approximate surface area is 190 Å². The van der Waals surface area contributed by atoms with Crippen molar-refractivity contribution in [3.05, 3.63) is 23.3 Å². The van der Waals surface area contributed by atoms with Crippen molar-refractivity contribution in [2.45, 2.75) is 99.3 Å². The third kappa shape index (κ3) is 3.70. The molecule has 4 unspecified atom stereocenters. The van der Waals surface area contributed by atoms with Gasteiger partial charge in [-0.1, -0.05) is 46.3 Å². The molecular weight excluding hydrogens is 380 g/mol. The maximum atomic E-state index is 13.2. The van der Waals surface area contributed by atoms with Crippen LogP contribution in [-0.2, 0) is 9.59 Å². The molecule has 7 atom stereocenters. The zero-order chi connectivity index (χ0) is 22.6. The first kappa shape index (κ1) is 23.0. The van der Waals surface area contributed by atoms with E-state index in [-0.39, 0.29) is 17.0 Å². The minimum atomic E-state index is -0.0585. The van der Waals surface area contributed by atoms with Gasteiger partial charge in [-0.25, -0.2) is 0 Å². The highest BCUT2D eigenvalue weighted by Gasteiger charge is 2.60. The number of fused-ring (bicyclic) bond motifs is 5. The summed E-state index contributed by atoms with van der Waals surface area (Å²) in [5.74, 6) is 4.44. The molecule has 2 heteroatoms. The fourth-order valence-corrected chi connectivity index (χ4v) is 8.72. The lowest BCUT2D eigenvalue weighted by Gasteiger charge is -2.57. The Bertz CT molecular complexity index is 802. The summed E-state index contributed by atoms with van der Waals surface area (Å²) in [5, 5.41) is 0. The maximum absolute atomic E-state index is 13.2. The monoisotopic (exact) mass is 424 g/mol. The molecule has 2 nitrogen and oxygen atoms in total. The van der Waals surface area contributed by atoms with Crippen LogP contribution in [0.5, 0.6) is 0 Å². The predicted molar refractivity (Wildman–Crippen MR) is 128 cm³/mol. The molecule has 172 valence electrons. The minimum absolute atomic E-state index is 0.0585. The minimum Gasteiger partial charge on any atom is -0.295 e. The van der Waals surface area contributed by atoms with Crippen LogP contribution in [-0.4, -0.2) is 11.6 Å². The Kier molecular flexibility index (Phi) is 6.16. The van der Waals surface area contributed by atoms with Crippen molar-refractivity contribution in [1.82, 2.24) is 0 Å². The summed E-state index contributed by atoms with van der Waals surface area (Å²) in [6, 6.07) is 0. The second kappa shape index (κ2) is 8.31. The lowest BCUT2D eigenvalue weighted by atomic mass is 9.46. The Morgan fingerprint density at radius 1 is 1.10 bits per heavy atom. The Morgan fingerprint density at radius 2 is 1.84 bits per heavy atom. The van der Waals surface area contributed by atoms with Gasteiger partial charge in [0.15, 0.2) is 11.6 Å². The third-order valence-electron chi connectivity index (χ3n) is 10.5. The molecular formula is C29H44O2. The molecule has 0 heterocycles. The SMILES string of the molecule is C/C=C(\CC[C@@H](C)C1CCC2C3CC(=O)C4=CC(=O)CC[C@]4(C)C3CC[C@@]21C)C(C)C. The first-order valence-electron chi connectivity index (χ1n) is 13.0. The van der Waals surface area contributed by atoms with E-state index in [1.54, 1.807) is 11.6 Å². The molecule has 0 aliphatic heterocycles. The maximum Gasteiger partial charge on any atom is 0.159 e. The van der Waals surface area contributed by atoms with E-state index in [0.717, 1.165) is 23.8 Å². The lowest BCUT2D eigenvalue weighted by Crippen LogP contribution is -2.53. The largest absolute Gasteiger partial charge is 0.295 e. The van der Waals surface area contributed by atoms with E-state index in [9.17, 15) is 9.59 Å². The molecule has 4 aliphatic rings. The van der Waals surface area contributed by atoms with Gasteiger partial charge in [0.2, 0.25) is 0 Å². The van der Waals surface area contributed by atoms with Gasteiger partial charge in [0.05, 0.1) is 0 Å². The van der Waals surface area contributed by atoms with Crippen molar-refractivity contribution < 1.29 is 9.59 Å². The van der Waals surface area contributed by atoms with Crippen LogP contribution in [0.15, 0.2) is 23.3 Å². The van der Waals surface area contributed by atoms with Crippen LogP contribution >= 0.6 is 0 Å². The molecule has 31 heavy (non-hydrogen) atoms. The predicted octanol–water partition coefficient (Wildman–Crippen LogP) is 7.33. The quantitative estimate of drug-likeness (QED) is 0.433. The van der Waals surface area contributed by atoms with Gasteiger partial charge in [0, 0.05) is 18.4 Å². The van der Waals surface area contributed by atoms with Crippen LogP contribution in [0.2, 0.25) is 0 Å². The summed E-state index contributed by atoms with van der Waals surface area (Å²) in [6.45, 7) is 14.2. The van der Waals surface area contributed by atoms with Crippen molar-refractivity contribution in [3.63, 3.8) is 0 Å². The van der Waals surface area contributed by atoms with E-state index in [4.69, 9.17) is 0 Å². The van der Waals surface area contributed by atoms with Gasteiger partial charge in [-0.15, -0.1) is 0 Å². The molecule has 4 aliphatic carbocycles. The van der Waals surface area contributed by atoms with E-state index in [1.807, 2.05) is 0 Å². The van der Waals surface area contributed by atoms with Crippen LogP contribution in [0.25, 0.3) is 0 Å². The van der Waals surface area contributed by atoms with E-state index < -0.39 is 0 Å². The average Bonchev–Trinajstić information content (AvgIpc) is 3.07. The van der Waals surface area contributed by atoms with Gasteiger partial charge in [-0.2, -0.15) is 0 Å². The summed E-state index contributed by atoms with van der Waals surface area (Å²) < 4.78 is 0. The molecule has 0 radical (unpaired) electrons. The molecule has 0 aromatic heterocycles. The Balaban J connectivity index is 1.53. The molecule has 0 aromatic rings. The van der Waals surface area contributed by atoms with Crippen LogP contribution in [0.4, 0.5) is 0 Å². The number of hydrogen-bond acceptors (Lipinski definition) is 2. The van der Waals surface area contributed by atoms with Crippen molar-refractivity contribution in [2.24, 2.45) is 46.3 Å². The molecule has 3 saturated carbocycles. The number of ketones is 2. The second-order valence-corrected chi connectivity index (χ2v) is 12.2. The van der Waals surface area contributed by atoms with Gasteiger partial charge in [-0.3, -0.25) is 9.59 Å². The van der Waals surface area contributed by atoms with Gasteiger partial charge in [0.25, 0.3) is 0 Å². The fraction of sp³-hybridized carbons (Fsp3) is 0.793. The van der Waals surface area contributed by atoms with Gasteiger partial charge in [0.1, 0.15) is 0 Å². The molecule has 0 amide bonds. The summed E-state index contributed by atoms with van der Waals surface area (Å²) in [7, 11) is 0. The summed E-state index contributed by atoms with van der Waals surface area (Å²) in [6.07, 6.45) is 14.0. The highest BCUT2D eigenvalue weighted by atomic mass is 16.1. The molecule has 0 spiro atoms. The molecule has 0 N–H and O–H groups in total. The van der Waals surface area contributed by atoms with Crippen LogP contribution in [0.1, 0.15) is 99.3 Å². The number of rotatable bonds is 5. The normalized spacial score (nSPS) is 41.5. The Hall–Kier alpha value is -1.18. The summed E-state index contributed by atoms with van der Waals surface area (Å²) in [4.78, 5) is 25.2. The first-order chi connectivity index (χ1) is 14.6. The van der Waals surface area contributed by atoms with Gasteiger partial charge < -0.3 is 0 Å². The number of carbonyl (C=O) groups is 2. The van der Waals surface area contributed by atoms with Crippen molar-refractivity contribution >= 4 is 11.6 Å². The standard InChI is InChI=1S/C29H44O2/c1-7-20(18(2)3)9-8-19(4)23-10-11-24-22-17-27(31)26-16-21(30)12-14-29(26,6)25(22)13-15-28(23,24)5/h7,16,18-19,22-25H,8-15,17H2,1-6H3/b20-7+/t19-,22?,23?,24?,25?,28-,29-/m1/s1. The second-order valence-electron chi connectivity index (χ2n) is 12.2. The fourth-order valence-electron chi connectivity index (χ4n) is 8.72. The topological polar surface area (TPSA) is 34.1 Å². The van der Waals surface area contributed by atoms with Crippen molar-refractivity contribution in [1.29, 1.82) is 0 Å². The molecule has 0 aromatic carbocycles.